The van der Waals surface area contributed by atoms with Gasteiger partial charge in [-0.3, -0.25) is 15.0 Å². The first kappa shape index (κ1) is 19.3. The average Bonchev–Trinajstić information content (AvgIpc) is 2.72. The molecule has 1 aliphatic heterocycles. The monoisotopic (exact) mass is 428 g/mol. The molecule has 3 aromatic rings. The van der Waals surface area contributed by atoms with Crippen molar-refractivity contribution in [2.45, 2.75) is 22.7 Å². The van der Waals surface area contributed by atoms with Gasteiger partial charge in [-0.1, -0.05) is 35.9 Å². The molecule has 0 saturated heterocycles. The Morgan fingerprint density at radius 2 is 2.03 bits per heavy atom. The van der Waals surface area contributed by atoms with Gasteiger partial charge in [-0.25, -0.2) is 4.79 Å². The molecule has 0 radical (unpaired) electrons. The Balaban J connectivity index is 1.84. The summed E-state index contributed by atoms with van der Waals surface area (Å²) < 4.78 is 6.75. The van der Waals surface area contributed by atoms with E-state index in [1.165, 1.54) is 0 Å². The van der Waals surface area contributed by atoms with Crippen molar-refractivity contribution in [1.29, 1.82) is 5.41 Å². The quantitative estimate of drug-likeness (QED) is 0.582. The Labute approximate surface area is 175 Å². The fourth-order valence-corrected chi connectivity index (χ4v) is 4.56. The van der Waals surface area contributed by atoms with Crippen molar-refractivity contribution in [2.24, 2.45) is 5.73 Å². The molecule has 148 valence electrons. The molecule has 8 nitrogen and oxygen atoms in total. The number of nitrogens with zero attached hydrogens (tertiary/aromatic N) is 3. The van der Waals surface area contributed by atoms with Crippen LogP contribution in [0.3, 0.4) is 0 Å². The number of thioether (sulfide) groups is 1. The molecule has 4 N–H and O–H groups in total. The lowest BCUT2D eigenvalue weighted by atomic mass is 10.1. The summed E-state index contributed by atoms with van der Waals surface area (Å²) in [5.74, 6) is 0.284. The molecule has 4 rings (SSSR count). The fraction of sp³-hybridized carbons (Fsp3) is 0.158. The summed E-state index contributed by atoms with van der Waals surface area (Å²) >= 11 is 7.73. The topological polar surface area (TPSA) is 119 Å². The number of nitrogens with one attached hydrogen (secondary N) is 2. The van der Waals surface area contributed by atoms with Crippen LogP contribution in [0.1, 0.15) is 23.5 Å². The number of hydrogen-bond donors (Lipinski definition) is 3. The molecule has 3 heterocycles. The highest BCUT2D eigenvalue weighted by molar-refractivity contribution is 7.99. The molecular weight excluding hydrogens is 412 g/mol. The zero-order chi connectivity index (χ0) is 20.4. The summed E-state index contributed by atoms with van der Waals surface area (Å²) in [5, 5.41) is 11.4. The van der Waals surface area contributed by atoms with Gasteiger partial charge in [0.2, 0.25) is 0 Å². The number of rotatable bonds is 4. The van der Waals surface area contributed by atoms with E-state index in [1.54, 1.807) is 22.5 Å². The average molecular weight is 429 g/mol. The summed E-state index contributed by atoms with van der Waals surface area (Å²) in [6.07, 6.45) is 1.33. The number of nitrogens with two attached hydrogens (primary N) is 1. The van der Waals surface area contributed by atoms with Gasteiger partial charge in [0.05, 0.1) is 17.1 Å². The number of ether oxygens (including phenoxy) is 1. The van der Waals surface area contributed by atoms with Crippen LogP contribution in [-0.4, -0.2) is 20.6 Å². The van der Waals surface area contributed by atoms with E-state index in [0.717, 1.165) is 10.6 Å². The van der Waals surface area contributed by atoms with Gasteiger partial charge in [0.15, 0.2) is 16.5 Å². The van der Waals surface area contributed by atoms with E-state index >= 15 is 0 Å². The minimum absolute atomic E-state index is 0.0129. The van der Waals surface area contributed by atoms with Crippen molar-refractivity contribution in [2.75, 3.05) is 5.32 Å². The first-order valence-electron chi connectivity index (χ1n) is 8.76. The van der Waals surface area contributed by atoms with E-state index in [-0.39, 0.29) is 27.9 Å². The first-order chi connectivity index (χ1) is 14.0. The number of aromatic nitrogens is 3. The van der Waals surface area contributed by atoms with E-state index in [4.69, 9.17) is 27.5 Å². The number of primary amides is 1. The standard InChI is InChI=1S/C19H17ClN6O2S/c20-15-16(21)26-14(29-11-6-2-1-3-7-11)10-13(12-8-4-5-9-23-12)24-17(26)18(25-15)28-19(22)27/h1-9,13-14,21,24H,10H2,(H2,22,27). The van der Waals surface area contributed by atoms with Crippen LogP contribution in [0.4, 0.5) is 10.6 Å². The fourth-order valence-electron chi connectivity index (χ4n) is 3.16. The smallest absolute Gasteiger partial charge is 0.387 e. The second-order valence-electron chi connectivity index (χ2n) is 6.27. The minimum Gasteiger partial charge on any atom is -0.387 e. The third-order valence-corrected chi connectivity index (χ3v) is 5.86. The van der Waals surface area contributed by atoms with Crippen LogP contribution in [0, 0.1) is 5.41 Å². The lowest BCUT2D eigenvalue weighted by molar-refractivity contribution is 0.208. The largest absolute Gasteiger partial charge is 0.411 e. The summed E-state index contributed by atoms with van der Waals surface area (Å²) in [6, 6.07) is 15.3. The molecule has 2 aromatic heterocycles. The maximum atomic E-state index is 11.4. The summed E-state index contributed by atoms with van der Waals surface area (Å²) in [5.41, 5.74) is 6.04. The van der Waals surface area contributed by atoms with Crippen molar-refractivity contribution in [3.05, 3.63) is 71.1 Å². The van der Waals surface area contributed by atoms with E-state index in [0.29, 0.717) is 12.2 Å². The number of fused-ring (bicyclic) bond motifs is 1. The summed E-state index contributed by atoms with van der Waals surface area (Å²) in [6.45, 7) is 0. The number of anilines is 1. The van der Waals surface area contributed by atoms with Gasteiger partial charge in [-0.05, 0) is 24.3 Å². The Morgan fingerprint density at radius 1 is 1.28 bits per heavy atom. The summed E-state index contributed by atoms with van der Waals surface area (Å²) in [7, 11) is 0. The van der Waals surface area contributed by atoms with Crippen LogP contribution < -0.4 is 21.3 Å². The molecule has 1 aliphatic rings. The predicted molar refractivity (Wildman–Crippen MR) is 110 cm³/mol. The Hall–Kier alpha value is -3.04. The number of carbonyl (C=O) groups excluding carboxylic acids is 1. The molecule has 2 atom stereocenters. The van der Waals surface area contributed by atoms with Crippen molar-refractivity contribution in [3.63, 3.8) is 0 Å². The van der Waals surface area contributed by atoms with Crippen LogP contribution in [0.2, 0.25) is 5.15 Å². The molecule has 0 saturated carbocycles. The lowest BCUT2D eigenvalue weighted by Gasteiger charge is -2.35. The van der Waals surface area contributed by atoms with Gasteiger partial charge in [0.1, 0.15) is 0 Å². The SMILES string of the molecule is N=c1c(Cl)nc(OC(N)=O)c2n1C(Sc1ccccc1)CC(c1ccccn1)N2. The van der Waals surface area contributed by atoms with Gasteiger partial charge in [0.25, 0.3) is 5.88 Å². The van der Waals surface area contributed by atoms with Gasteiger partial charge in [-0.2, -0.15) is 4.98 Å². The lowest BCUT2D eigenvalue weighted by Crippen LogP contribution is -2.36. The molecule has 0 aliphatic carbocycles. The Bertz CT molecular complexity index is 1090. The number of benzene rings is 1. The van der Waals surface area contributed by atoms with Gasteiger partial charge in [-0.15, -0.1) is 11.8 Å². The molecule has 29 heavy (non-hydrogen) atoms. The molecule has 10 heteroatoms. The van der Waals surface area contributed by atoms with Crippen molar-refractivity contribution in [3.8, 4) is 5.88 Å². The zero-order valence-electron chi connectivity index (χ0n) is 15.1. The highest BCUT2D eigenvalue weighted by atomic mass is 35.5. The van der Waals surface area contributed by atoms with Gasteiger partial charge < -0.3 is 15.8 Å². The van der Waals surface area contributed by atoms with E-state index in [2.05, 4.69) is 15.3 Å². The number of pyridine rings is 1. The molecule has 0 fully saturated rings. The van der Waals surface area contributed by atoms with Crippen LogP contribution in [0.25, 0.3) is 0 Å². The Morgan fingerprint density at radius 3 is 2.72 bits per heavy atom. The van der Waals surface area contributed by atoms with Crippen LogP contribution >= 0.6 is 23.4 Å². The highest BCUT2D eigenvalue weighted by Gasteiger charge is 2.33. The van der Waals surface area contributed by atoms with Crippen molar-refractivity contribution in [1.82, 2.24) is 14.5 Å². The number of halogens is 1. The minimum atomic E-state index is -1.01. The molecular formula is C19H17ClN6O2S. The van der Waals surface area contributed by atoms with Crippen LogP contribution in [-0.2, 0) is 0 Å². The number of hydrogen-bond acceptors (Lipinski definition) is 7. The van der Waals surface area contributed by atoms with Gasteiger partial charge >= 0.3 is 6.09 Å². The van der Waals surface area contributed by atoms with E-state index in [9.17, 15) is 4.79 Å². The maximum Gasteiger partial charge on any atom is 0.411 e. The zero-order valence-corrected chi connectivity index (χ0v) is 16.7. The molecule has 1 aromatic carbocycles. The maximum absolute atomic E-state index is 11.4. The van der Waals surface area contributed by atoms with Crippen molar-refractivity contribution < 1.29 is 9.53 Å². The second kappa shape index (κ2) is 8.14. The number of carbonyl (C=O) groups is 1. The van der Waals surface area contributed by atoms with E-state index in [1.807, 2.05) is 48.5 Å². The van der Waals surface area contributed by atoms with Crippen molar-refractivity contribution >= 4 is 35.3 Å². The predicted octanol–water partition coefficient (Wildman–Crippen LogP) is 3.72. The normalized spacial score (nSPS) is 17.8. The molecule has 1 amide bonds. The molecule has 0 spiro atoms. The molecule has 0 bridgehead atoms. The van der Waals surface area contributed by atoms with E-state index < -0.39 is 6.09 Å². The first-order valence-corrected chi connectivity index (χ1v) is 10.0. The van der Waals surface area contributed by atoms with Crippen LogP contribution in [0.15, 0.2) is 59.6 Å². The van der Waals surface area contributed by atoms with Crippen LogP contribution in [0.5, 0.6) is 5.88 Å². The third kappa shape index (κ3) is 4.06. The van der Waals surface area contributed by atoms with Gasteiger partial charge in [0, 0.05) is 17.5 Å². The molecule has 2 unspecified atom stereocenters. The summed E-state index contributed by atoms with van der Waals surface area (Å²) in [4.78, 5) is 20.9. The third-order valence-electron chi connectivity index (χ3n) is 4.37. The second-order valence-corrected chi connectivity index (χ2v) is 7.88. The highest BCUT2D eigenvalue weighted by Crippen LogP contribution is 2.44. The number of amides is 1. The Kier molecular flexibility index (Phi) is 5.41.